The first-order valence-electron chi connectivity index (χ1n) is 4.28. The second kappa shape index (κ2) is 4.37. The van der Waals surface area contributed by atoms with Gasteiger partial charge in [-0.05, 0) is 25.7 Å². The van der Waals surface area contributed by atoms with Crippen LogP contribution >= 0.6 is 0 Å². The minimum absolute atomic E-state index is 0. The molecule has 0 aromatic rings. The van der Waals surface area contributed by atoms with Gasteiger partial charge in [0.15, 0.2) is 0 Å². The summed E-state index contributed by atoms with van der Waals surface area (Å²) in [5, 5.41) is 8.92. The van der Waals surface area contributed by atoms with Crippen molar-refractivity contribution in [2.75, 3.05) is 0 Å². The van der Waals surface area contributed by atoms with E-state index in [9.17, 15) is 4.79 Å². The standard InChI is InChI=1S/C9H16O2.Ga.3H/c1-7-4-3-5-9(2,6-7)8(10)11;;;;/h7H,3-6H2,1-2H3,(H,10,11);;;;. The molecule has 2 atom stereocenters. The quantitative estimate of drug-likeness (QED) is 0.683. The second-order valence-electron chi connectivity index (χ2n) is 4.07. The predicted molar refractivity (Wildman–Crippen MR) is 53.3 cm³/mol. The molecular weight excluding hydrogens is 210 g/mol. The molecule has 0 aliphatic heterocycles. The maximum absolute atomic E-state index is 10.8. The SMILES string of the molecule is CC1CCCC(C)(C(=O)O)C1.[GaH3]. The molecule has 2 unspecified atom stereocenters. The van der Waals surface area contributed by atoms with E-state index in [1.165, 1.54) is 6.42 Å². The Morgan fingerprint density at radius 2 is 2.17 bits per heavy atom. The number of carboxylic acids is 1. The molecule has 0 aromatic carbocycles. The summed E-state index contributed by atoms with van der Waals surface area (Å²) in [5.74, 6) is -0.0334. The number of carbonyl (C=O) groups is 1. The summed E-state index contributed by atoms with van der Waals surface area (Å²) in [6.07, 6.45) is 3.97. The molecule has 0 heterocycles. The third-order valence-corrected chi connectivity index (χ3v) is 2.74. The monoisotopic (exact) mass is 228 g/mol. The summed E-state index contributed by atoms with van der Waals surface area (Å²) in [7, 11) is 0. The van der Waals surface area contributed by atoms with Gasteiger partial charge in [-0.2, -0.15) is 0 Å². The molecule has 0 aromatic heterocycles. The summed E-state index contributed by atoms with van der Waals surface area (Å²) in [6, 6.07) is 0. The van der Waals surface area contributed by atoms with E-state index in [-0.39, 0.29) is 19.8 Å². The normalized spacial score (nSPS) is 35.3. The van der Waals surface area contributed by atoms with E-state index < -0.39 is 11.4 Å². The third kappa shape index (κ3) is 2.56. The average molecular weight is 229 g/mol. The molecule has 1 N–H and O–H groups in total. The number of carboxylic acid groups (broad SMARTS) is 1. The maximum atomic E-state index is 10.8. The van der Waals surface area contributed by atoms with E-state index in [4.69, 9.17) is 5.11 Å². The van der Waals surface area contributed by atoms with Gasteiger partial charge in [-0.3, -0.25) is 4.79 Å². The van der Waals surface area contributed by atoms with E-state index in [1.54, 1.807) is 0 Å². The molecule has 1 rings (SSSR count). The predicted octanol–water partition coefficient (Wildman–Crippen LogP) is 1.10. The second-order valence-corrected chi connectivity index (χ2v) is 4.07. The Hall–Kier alpha value is 0.106. The van der Waals surface area contributed by atoms with E-state index in [2.05, 4.69) is 6.92 Å². The third-order valence-electron chi connectivity index (χ3n) is 2.74. The minimum atomic E-state index is -0.621. The molecule has 1 fully saturated rings. The summed E-state index contributed by atoms with van der Waals surface area (Å²) in [4.78, 5) is 10.8. The Morgan fingerprint density at radius 3 is 2.50 bits per heavy atom. The van der Waals surface area contributed by atoms with Gasteiger partial charge >= 0.3 is 25.8 Å². The molecular formula is C9H19GaO2. The van der Waals surface area contributed by atoms with E-state index >= 15 is 0 Å². The van der Waals surface area contributed by atoms with Crippen LogP contribution in [0.1, 0.15) is 39.5 Å². The zero-order valence-corrected chi connectivity index (χ0v) is 7.26. The molecule has 2 nitrogen and oxygen atoms in total. The van der Waals surface area contributed by atoms with Gasteiger partial charge in [-0.1, -0.05) is 19.8 Å². The fraction of sp³-hybridized carbons (Fsp3) is 0.889. The average Bonchev–Trinajstić information content (AvgIpc) is 1.86. The van der Waals surface area contributed by atoms with Crippen molar-refractivity contribution in [2.45, 2.75) is 39.5 Å². The van der Waals surface area contributed by atoms with Crippen LogP contribution in [0, 0.1) is 11.3 Å². The fourth-order valence-electron chi connectivity index (χ4n) is 2.01. The summed E-state index contributed by atoms with van der Waals surface area (Å²) < 4.78 is 0. The van der Waals surface area contributed by atoms with Crippen molar-refractivity contribution in [1.82, 2.24) is 0 Å². The van der Waals surface area contributed by atoms with Gasteiger partial charge in [0, 0.05) is 0 Å². The number of aliphatic carboxylic acids is 1. The number of hydrogen-bond donors (Lipinski definition) is 1. The van der Waals surface area contributed by atoms with Gasteiger partial charge in [0.25, 0.3) is 0 Å². The van der Waals surface area contributed by atoms with Crippen molar-refractivity contribution in [2.24, 2.45) is 11.3 Å². The van der Waals surface area contributed by atoms with E-state index in [1.807, 2.05) is 6.92 Å². The molecule has 0 radical (unpaired) electrons. The molecule has 1 saturated carbocycles. The van der Waals surface area contributed by atoms with E-state index in [0.29, 0.717) is 5.92 Å². The van der Waals surface area contributed by atoms with Crippen LogP contribution in [0.15, 0.2) is 0 Å². The topological polar surface area (TPSA) is 37.3 Å². The van der Waals surface area contributed by atoms with E-state index in [0.717, 1.165) is 19.3 Å². The fourth-order valence-corrected chi connectivity index (χ4v) is 2.01. The Morgan fingerprint density at radius 1 is 1.58 bits per heavy atom. The number of rotatable bonds is 1. The molecule has 0 amide bonds. The first-order chi connectivity index (χ1) is 5.04. The van der Waals surface area contributed by atoms with Crippen molar-refractivity contribution in [3.05, 3.63) is 0 Å². The Kier molecular flexibility index (Phi) is 4.41. The Balaban J connectivity index is 0.00000121. The molecule has 12 heavy (non-hydrogen) atoms. The summed E-state index contributed by atoms with van der Waals surface area (Å²) in [6.45, 7) is 4.01. The van der Waals surface area contributed by atoms with Crippen LogP contribution in [0.4, 0.5) is 0 Å². The molecule has 3 heteroatoms. The van der Waals surface area contributed by atoms with Crippen LogP contribution < -0.4 is 0 Å². The van der Waals surface area contributed by atoms with Crippen LogP contribution in [0.3, 0.4) is 0 Å². The Labute approximate surface area is 86.8 Å². The van der Waals surface area contributed by atoms with Gasteiger partial charge in [0.05, 0.1) is 5.41 Å². The molecule has 70 valence electrons. The van der Waals surface area contributed by atoms with Crippen LogP contribution in [0.5, 0.6) is 0 Å². The molecule has 1 aliphatic rings. The first kappa shape index (κ1) is 12.1. The summed E-state index contributed by atoms with van der Waals surface area (Å²) >= 11 is 0. The van der Waals surface area contributed by atoms with Crippen molar-refractivity contribution in [3.8, 4) is 0 Å². The van der Waals surface area contributed by atoms with Crippen LogP contribution in [-0.2, 0) is 4.79 Å². The van der Waals surface area contributed by atoms with Crippen molar-refractivity contribution in [1.29, 1.82) is 0 Å². The number of hydrogen-bond acceptors (Lipinski definition) is 1. The Bertz CT molecular complexity index is 170. The van der Waals surface area contributed by atoms with Gasteiger partial charge in [-0.15, -0.1) is 0 Å². The van der Waals surface area contributed by atoms with Gasteiger partial charge in [0.1, 0.15) is 0 Å². The van der Waals surface area contributed by atoms with Gasteiger partial charge < -0.3 is 5.11 Å². The van der Waals surface area contributed by atoms with Crippen LogP contribution in [0.2, 0.25) is 0 Å². The first-order valence-corrected chi connectivity index (χ1v) is 4.28. The van der Waals surface area contributed by atoms with Crippen molar-refractivity contribution in [3.63, 3.8) is 0 Å². The van der Waals surface area contributed by atoms with Gasteiger partial charge in [-0.25, -0.2) is 0 Å². The van der Waals surface area contributed by atoms with Crippen LogP contribution in [0.25, 0.3) is 0 Å². The molecule has 0 saturated heterocycles. The molecule has 0 spiro atoms. The summed E-state index contributed by atoms with van der Waals surface area (Å²) in [5.41, 5.74) is -0.433. The van der Waals surface area contributed by atoms with Gasteiger partial charge in [0.2, 0.25) is 0 Å². The zero-order valence-electron chi connectivity index (χ0n) is 7.26. The van der Waals surface area contributed by atoms with Crippen molar-refractivity contribution >= 4 is 25.8 Å². The zero-order chi connectivity index (χ0) is 8.48. The van der Waals surface area contributed by atoms with Crippen LogP contribution in [-0.4, -0.2) is 30.9 Å². The van der Waals surface area contributed by atoms with Crippen molar-refractivity contribution < 1.29 is 9.90 Å². The molecule has 0 bridgehead atoms. The molecule has 1 aliphatic carbocycles.